The highest BCUT2D eigenvalue weighted by Crippen LogP contribution is 2.26. The van der Waals surface area contributed by atoms with Crippen LogP contribution in [-0.2, 0) is 22.4 Å². The molecule has 2 aliphatic rings. The van der Waals surface area contributed by atoms with Crippen LogP contribution in [0, 0.1) is 12.8 Å². The largest absolute Gasteiger partial charge is 0.459 e. The monoisotopic (exact) mass is 359 g/mol. The lowest BCUT2D eigenvalue weighted by atomic mass is 10.0. The van der Waals surface area contributed by atoms with Gasteiger partial charge in [0, 0.05) is 38.1 Å². The van der Waals surface area contributed by atoms with Crippen molar-refractivity contribution in [1.29, 1.82) is 0 Å². The average Bonchev–Trinajstić information content (AvgIpc) is 3.26. The molecule has 1 atom stereocenters. The molecule has 4 heterocycles. The van der Waals surface area contributed by atoms with E-state index < -0.39 is 0 Å². The van der Waals surface area contributed by atoms with Gasteiger partial charge in [-0.05, 0) is 43.7 Å². The normalized spacial score (nSPS) is 20.7. The Hall–Kier alpha value is -2.12. The lowest BCUT2D eigenvalue weighted by Gasteiger charge is -2.22. The van der Waals surface area contributed by atoms with Gasteiger partial charge in [-0.25, -0.2) is 0 Å². The van der Waals surface area contributed by atoms with E-state index in [0.29, 0.717) is 24.8 Å². The Balaban J connectivity index is 1.40. The van der Waals surface area contributed by atoms with Crippen LogP contribution in [0.25, 0.3) is 0 Å². The smallest absolute Gasteiger partial charge is 0.287 e. The number of nitrogens with one attached hydrogen (secondary N) is 1. The van der Waals surface area contributed by atoms with Crippen LogP contribution < -0.4 is 5.32 Å². The Morgan fingerprint density at radius 1 is 1.35 bits per heavy atom. The van der Waals surface area contributed by atoms with Crippen LogP contribution in [0.2, 0.25) is 0 Å². The molecular weight excluding hydrogens is 334 g/mol. The molecule has 4 rings (SSSR count). The van der Waals surface area contributed by atoms with Gasteiger partial charge < -0.3 is 19.2 Å². The number of furan rings is 1. The fraction of sp³-hybridized carbons (Fsp3) is 0.579. The standard InChI is InChI=1S/C19H25N3O4/c1-13-2-8-26-18(13)19(23)20-10-16-17-15(5-9-25-16)12-22(21-17)11-14-3-6-24-7-4-14/h2,8,12,14,16H,3-7,9-11H2,1H3,(H,20,23)/t16-/m1/s1. The van der Waals surface area contributed by atoms with Crippen molar-refractivity contribution in [1.82, 2.24) is 15.1 Å². The van der Waals surface area contributed by atoms with Gasteiger partial charge in [0.1, 0.15) is 6.10 Å². The summed E-state index contributed by atoms with van der Waals surface area (Å²) >= 11 is 0. The van der Waals surface area contributed by atoms with E-state index in [0.717, 1.165) is 50.3 Å². The summed E-state index contributed by atoms with van der Waals surface area (Å²) in [6, 6.07) is 1.78. The lowest BCUT2D eigenvalue weighted by Crippen LogP contribution is -2.32. The number of carbonyl (C=O) groups is 1. The van der Waals surface area contributed by atoms with Crippen LogP contribution in [0.5, 0.6) is 0 Å². The molecule has 0 bridgehead atoms. The first-order chi connectivity index (χ1) is 12.7. The second kappa shape index (κ2) is 7.63. The first-order valence-electron chi connectivity index (χ1n) is 9.28. The molecule has 2 aromatic rings. The molecule has 1 saturated heterocycles. The zero-order valence-corrected chi connectivity index (χ0v) is 15.1. The maximum atomic E-state index is 12.3. The topological polar surface area (TPSA) is 78.5 Å². The number of nitrogens with zero attached hydrogens (tertiary/aromatic N) is 2. The molecule has 2 aromatic heterocycles. The highest BCUT2D eigenvalue weighted by molar-refractivity contribution is 5.92. The van der Waals surface area contributed by atoms with Crippen LogP contribution in [0.3, 0.4) is 0 Å². The molecule has 0 radical (unpaired) electrons. The zero-order valence-electron chi connectivity index (χ0n) is 15.1. The number of aromatic nitrogens is 2. The summed E-state index contributed by atoms with van der Waals surface area (Å²) in [4.78, 5) is 12.3. The minimum absolute atomic E-state index is 0.214. The summed E-state index contributed by atoms with van der Waals surface area (Å²) in [5.41, 5.74) is 2.99. The first kappa shape index (κ1) is 17.3. The van der Waals surface area contributed by atoms with Gasteiger partial charge in [-0.1, -0.05) is 0 Å². The molecule has 7 nitrogen and oxygen atoms in total. The van der Waals surface area contributed by atoms with E-state index in [1.165, 1.54) is 11.8 Å². The number of fused-ring (bicyclic) bond motifs is 1. The lowest BCUT2D eigenvalue weighted by molar-refractivity contribution is 0.0376. The van der Waals surface area contributed by atoms with E-state index in [4.69, 9.17) is 19.0 Å². The summed E-state index contributed by atoms with van der Waals surface area (Å²) in [5, 5.41) is 7.66. The van der Waals surface area contributed by atoms with E-state index in [9.17, 15) is 4.79 Å². The number of ether oxygens (including phenoxy) is 2. The van der Waals surface area contributed by atoms with Crippen molar-refractivity contribution in [3.8, 4) is 0 Å². The van der Waals surface area contributed by atoms with E-state index in [1.54, 1.807) is 6.07 Å². The number of aryl methyl sites for hydroxylation is 1. The van der Waals surface area contributed by atoms with Gasteiger partial charge in [0.25, 0.3) is 5.91 Å². The number of hydrogen-bond donors (Lipinski definition) is 1. The maximum absolute atomic E-state index is 12.3. The van der Waals surface area contributed by atoms with Gasteiger partial charge in [-0.3, -0.25) is 9.48 Å². The molecule has 140 valence electrons. The average molecular weight is 359 g/mol. The second-order valence-electron chi connectivity index (χ2n) is 7.07. The van der Waals surface area contributed by atoms with Gasteiger partial charge in [0.05, 0.1) is 18.6 Å². The molecule has 1 N–H and O–H groups in total. The summed E-state index contributed by atoms with van der Waals surface area (Å²) in [7, 11) is 0. The van der Waals surface area contributed by atoms with E-state index in [2.05, 4.69) is 11.5 Å². The number of rotatable bonds is 5. The molecule has 0 unspecified atom stereocenters. The number of hydrogen-bond acceptors (Lipinski definition) is 5. The minimum atomic E-state index is -0.218. The SMILES string of the molecule is Cc1ccoc1C(=O)NC[C@H]1OCCc2cn(CC3CCOCC3)nc21. The Kier molecular flexibility index (Phi) is 5.08. The Bertz CT molecular complexity index is 761. The van der Waals surface area contributed by atoms with Crippen LogP contribution in [0.4, 0.5) is 0 Å². The quantitative estimate of drug-likeness (QED) is 0.886. The predicted octanol–water partition coefficient (Wildman–Crippen LogP) is 2.25. The molecular formula is C19H25N3O4. The molecule has 0 saturated carbocycles. The second-order valence-corrected chi connectivity index (χ2v) is 7.07. The molecule has 7 heteroatoms. The molecule has 2 aliphatic heterocycles. The Labute approximate surface area is 152 Å². The van der Waals surface area contributed by atoms with Crippen molar-refractivity contribution < 1.29 is 18.7 Å². The number of amides is 1. The molecule has 0 aromatic carbocycles. The van der Waals surface area contributed by atoms with Crippen molar-refractivity contribution in [3.63, 3.8) is 0 Å². The van der Waals surface area contributed by atoms with Crippen molar-refractivity contribution in [2.75, 3.05) is 26.4 Å². The third kappa shape index (κ3) is 3.68. The van der Waals surface area contributed by atoms with Crippen LogP contribution in [-0.4, -0.2) is 42.1 Å². The summed E-state index contributed by atoms with van der Waals surface area (Å²) in [6.07, 6.45) is 6.49. The highest BCUT2D eigenvalue weighted by Gasteiger charge is 2.26. The fourth-order valence-corrected chi connectivity index (χ4v) is 3.65. The molecule has 0 aliphatic carbocycles. The highest BCUT2D eigenvalue weighted by atomic mass is 16.5. The third-order valence-corrected chi connectivity index (χ3v) is 5.17. The van der Waals surface area contributed by atoms with Gasteiger partial charge in [-0.15, -0.1) is 0 Å². The predicted molar refractivity (Wildman–Crippen MR) is 93.9 cm³/mol. The van der Waals surface area contributed by atoms with Gasteiger partial charge in [0.2, 0.25) is 0 Å². The molecule has 26 heavy (non-hydrogen) atoms. The molecule has 1 fully saturated rings. The van der Waals surface area contributed by atoms with Crippen LogP contribution in [0.15, 0.2) is 22.9 Å². The first-order valence-corrected chi connectivity index (χ1v) is 9.28. The minimum Gasteiger partial charge on any atom is -0.459 e. The fourth-order valence-electron chi connectivity index (χ4n) is 3.65. The molecule has 1 amide bonds. The third-order valence-electron chi connectivity index (χ3n) is 5.17. The van der Waals surface area contributed by atoms with Crippen molar-refractivity contribution >= 4 is 5.91 Å². The van der Waals surface area contributed by atoms with E-state index in [-0.39, 0.29) is 12.0 Å². The summed E-state index contributed by atoms with van der Waals surface area (Å²) in [5.74, 6) is 0.752. The molecule has 0 spiro atoms. The van der Waals surface area contributed by atoms with Gasteiger partial charge in [0.15, 0.2) is 5.76 Å². The van der Waals surface area contributed by atoms with Gasteiger partial charge >= 0.3 is 0 Å². The zero-order chi connectivity index (χ0) is 17.9. The summed E-state index contributed by atoms with van der Waals surface area (Å²) < 4.78 is 18.6. The van der Waals surface area contributed by atoms with Crippen LogP contribution in [0.1, 0.15) is 46.3 Å². The Morgan fingerprint density at radius 3 is 2.96 bits per heavy atom. The van der Waals surface area contributed by atoms with Gasteiger partial charge in [-0.2, -0.15) is 5.10 Å². The van der Waals surface area contributed by atoms with Crippen molar-refractivity contribution in [3.05, 3.63) is 41.1 Å². The van der Waals surface area contributed by atoms with E-state index in [1.807, 2.05) is 11.6 Å². The Morgan fingerprint density at radius 2 is 2.19 bits per heavy atom. The van der Waals surface area contributed by atoms with E-state index >= 15 is 0 Å². The summed E-state index contributed by atoms with van der Waals surface area (Å²) in [6.45, 7) is 5.49. The van der Waals surface area contributed by atoms with Crippen molar-refractivity contribution in [2.24, 2.45) is 5.92 Å². The number of carbonyl (C=O) groups excluding carboxylic acids is 1. The maximum Gasteiger partial charge on any atom is 0.287 e. The van der Waals surface area contributed by atoms with Crippen LogP contribution >= 0.6 is 0 Å². The van der Waals surface area contributed by atoms with Crippen molar-refractivity contribution in [2.45, 2.75) is 38.8 Å².